The Labute approximate surface area is 214 Å². The van der Waals surface area contributed by atoms with Crippen LogP contribution in [-0.4, -0.2) is 27.8 Å². The maximum absolute atomic E-state index is 13.4. The van der Waals surface area contributed by atoms with Crippen molar-refractivity contribution in [2.45, 2.75) is 20.8 Å². The predicted octanol–water partition coefficient (Wildman–Crippen LogP) is 4.69. The van der Waals surface area contributed by atoms with Crippen LogP contribution >= 0.6 is 12.2 Å². The van der Waals surface area contributed by atoms with Crippen molar-refractivity contribution in [1.29, 1.82) is 0 Å². The zero-order valence-corrected chi connectivity index (χ0v) is 20.8. The maximum Gasteiger partial charge on any atom is 0.270 e. The Kier molecular flexibility index (Phi) is 6.93. The lowest BCUT2D eigenvalue weighted by molar-refractivity contribution is -0.123. The normalized spacial score (nSPS) is 15.0. The summed E-state index contributed by atoms with van der Waals surface area (Å²) in [7, 11) is 0. The highest BCUT2D eigenvalue weighted by molar-refractivity contribution is 7.80. The molecule has 1 aromatic heterocycles. The number of benzene rings is 2. The lowest BCUT2D eigenvalue weighted by Gasteiger charge is -2.29. The molecule has 1 saturated heterocycles. The van der Waals surface area contributed by atoms with Crippen LogP contribution < -0.4 is 20.3 Å². The molecule has 1 fully saturated rings. The third-order valence-electron chi connectivity index (χ3n) is 5.23. The maximum atomic E-state index is 13.4. The van der Waals surface area contributed by atoms with Gasteiger partial charge < -0.3 is 10.1 Å². The van der Waals surface area contributed by atoms with Gasteiger partial charge in [0, 0.05) is 17.2 Å². The summed E-state index contributed by atoms with van der Waals surface area (Å²) in [6.07, 6.45) is 2.91. The van der Waals surface area contributed by atoms with Gasteiger partial charge >= 0.3 is 0 Å². The fraction of sp³-hybridized carbons (Fsp3) is 0.148. The highest BCUT2D eigenvalue weighted by Crippen LogP contribution is 2.28. The number of ether oxygens (including phenoxy) is 1. The van der Waals surface area contributed by atoms with Crippen LogP contribution in [0.5, 0.6) is 11.5 Å². The smallest absolute Gasteiger partial charge is 0.270 e. The van der Waals surface area contributed by atoms with Crippen molar-refractivity contribution in [1.82, 2.24) is 10.3 Å². The third-order valence-corrected chi connectivity index (χ3v) is 5.51. The van der Waals surface area contributed by atoms with Gasteiger partial charge in [0.25, 0.3) is 11.8 Å². The van der Waals surface area contributed by atoms with Gasteiger partial charge in [-0.05, 0) is 66.8 Å². The number of nitrogens with one attached hydrogen (secondary N) is 2. The van der Waals surface area contributed by atoms with Gasteiger partial charge in [-0.3, -0.25) is 24.6 Å². The topological polar surface area (TPSA) is 101 Å². The molecule has 2 N–H and O–H groups in total. The molecule has 2 heterocycles. The number of aromatic nitrogens is 1. The van der Waals surface area contributed by atoms with E-state index in [2.05, 4.69) is 15.6 Å². The molecule has 0 saturated carbocycles. The molecule has 0 atom stereocenters. The van der Waals surface area contributed by atoms with Crippen LogP contribution in [0.1, 0.15) is 26.3 Å². The van der Waals surface area contributed by atoms with E-state index in [4.69, 9.17) is 17.0 Å². The second-order valence-electron chi connectivity index (χ2n) is 9.01. The summed E-state index contributed by atoms with van der Waals surface area (Å²) in [5.74, 6) is 0.0148. The Morgan fingerprint density at radius 3 is 2.33 bits per heavy atom. The minimum atomic E-state index is -0.653. The Bertz CT molecular complexity index is 1360. The summed E-state index contributed by atoms with van der Waals surface area (Å²) in [6, 6.07) is 19.4. The quantitative estimate of drug-likeness (QED) is 0.300. The van der Waals surface area contributed by atoms with Crippen LogP contribution in [0.3, 0.4) is 0 Å². The number of anilines is 2. The molecule has 0 radical (unpaired) electrons. The van der Waals surface area contributed by atoms with Gasteiger partial charge in [-0.2, -0.15) is 0 Å². The van der Waals surface area contributed by atoms with E-state index in [9.17, 15) is 14.4 Å². The molecule has 3 amide bonds. The fourth-order valence-electron chi connectivity index (χ4n) is 3.27. The summed E-state index contributed by atoms with van der Waals surface area (Å²) >= 11 is 5.29. The highest BCUT2D eigenvalue weighted by atomic mass is 32.1. The van der Waals surface area contributed by atoms with E-state index in [-0.39, 0.29) is 22.4 Å². The Morgan fingerprint density at radius 1 is 1.00 bits per heavy atom. The van der Waals surface area contributed by atoms with Gasteiger partial charge in [-0.25, -0.2) is 4.98 Å². The predicted molar refractivity (Wildman–Crippen MR) is 141 cm³/mol. The minimum absolute atomic E-state index is 0.0358. The number of pyridine rings is 1. The van der Waals surface area contributed by atoms with E-state index in [1.807, 2.05) is 30.3 Å². The minimum Gasteiger partial charge on any atom is -0.457 e. The van der Waals surface area contributed by atoms with Gasteiger partial charge in [-0.15, -0.1) is 0 Å². The summed E-state index contributed by atoms with van der Waals surface area (Å²) in [6.45, 7) is 5.32. The Morgan fingerprint density at radius 2 is 1.67 bits per heavy atom. The van der Waals surface area contributed by atoms with Gasteiger partial charge in [0.1, 0.15) is 22.9 Å². The number of nitrogens with zero attached hydrogens (tertiary/aromatic N) is 2. The molecule has 3 aromatic rings. The highest BCUT2D eigenvalue weighted by Gasteiger charge is 2.35. The van der Waals surface area contributed by atoms with E-state index in [0.29, 0.717) is 22.7 Å². The van der Waals surface area contributed by atoms with E-state index in [1.165, 1.54) is 17.2 Å². The number of rotatable bonds is 5. The second-order valence-corrected chi connectivity index (χ2v) is 9.40. The number of para-hydroxylation sites is 1. The molecule has 0 unspecified atom stereocenters. The van der Waals surface area contributed by atoms with E-state index >= 15 is 0 Å². The summed E-state index contributed by atoms with van der Waals surface area (Å²) in [5.41, 5.74) is 0.0727. The lowest BCUT2D eigenvalue weighted by Crippen LogP contribution is -2.54. The Balaban J connectivity index is 1.61. The summed E-state index contributed by atoms with van der Waals surface area (Å²) < 4.78 is 5.80. The van der Waals surface area contributed by atoms with Crippen molar-refractivity contribution < 1.29 is 19.1 Å². The van der Waals surface area contributed by atoms with Crippen LogP contribution in [0.25, 0.3) is 6.08 Å². The second kappa shape index (κ2) is 10.1. The third kappa shape index (κ3) is 5.47. The van der Waals surface area contributed by atoms with E-state index in [0.717, 1.165) is 0 Å². The van der Waals surface area contributed by atoms with Crippen molar-refractivity contribution in [3.8, 4) is 11.5 Å². The van der Waals surface area contributed by atoms with Crippen molar-refractivity contribution in [3.05, 3.63) is 84.1 Å². The first kappa shape index (κ1) is 24.7. The van der Waals surface area contributed by atoms with Crippen molar-refractivity contribution in [2.24, 2.45) is 5.41 Å². The average Bonchev–Trinajstić information content (AvgIpc) is 2.83. The van der Waals surface area contributed by atoms with Crippen molar-refractivity contribution in [2.75, 3.05) is 10.2 Å². The summed E-state index contributed by atoms with van der Waals surface area (Å²) in [5, 5.41) is 5.28. The molecule has 4 rings (SSSR count). The molecule has 0 aliphatic carbocycles. The molecule has 1 aliphatic heterocycles. The van der Waals surface area contributed by atoms with Gasteiger partial charge in [-0.1, -0.05) is 39.0 Å². The van der Waals surface area contributed by atoms with E-state index < -0.39 is 17.2 Å². The van der Waals surface area contributed by atoms with Crippen LogP contribution in [0.4, 0.5) is 11.5 Å². The number of hydrogen-bond acceptors (Lipinski definition) is 6. The lowest BCUT2D eigenvalue weighted by atomic mass is 9.95. The zero-order chi connectivity index (χ0) is 25.9. The molecule has 9 heteroatoms. The molecular formula is C27H24N4O4S. The first-order valence-electron chi connectivity index (χ1n) is 11.1. The first-order valence-corrected chi connectivity index (χ1v) is 11.6. The SMILES string of the molecule is CC(C)(C)C(=O)Nc1ncccc1/C=C1\C(=O)NC(=S)N(c2ccc(Oc3ccccc3)cc2)C1=O. The molecule has 0 bridgehead atoms. The molecule has 1 aliphatic rings. The monoisotopic (exact) mass is 500 g/mol. The molecule has 182 valence electrons. The zero-order valence-electron chi connectivity index (χ0n) is 19.9. The Hall–Kier alpha value is -4.37. The van der Waals surface area contributed by atoms with Gasteiger partial charge in [0.05, 0.1) is 5.69 Å². The van der Waals surface area contributed by atoms with Crippen LogP contribution in [0, 0.1) is 5.41 Å². The number of carbonyl (C=O) groups excluding carboxylic acids is 3. The number of carbonyl (C=O) groups is 3. The number of thiocarbonyl (C=S) groups is 1. The molecule has 0 spiro atoms. The van der Waals surface area contributed by atoms with Gasteiger partial charge in [0.2, 0.25) is 5.91 Å². The van der Waals surface area contributed by atoms with Crippen molar-refractivity contribution in [3.63, 3.8) is 0 Å². The molecule has 2 aromatic carbocycles. The molecule has 36 heavy (non-hydrogen) atoms. The summed E-state index contributed by atoms with van der Waals surface area (Å²) in [4.78, 5) is 44.0. The standard InChI is InChI=1S/C27H24N4O4S/c1-27(2,3)25(34)29-22-17(8-7-15-28-22)16-21-23(32)30-26(36)31(24(21)33)18-11-13-20(14-12-18)35-19-9-5-4-6-10-19/h4-16H,1-3H3,(H,28,29,34)(H,30,32,36)/b21-16+. The van der Waals surface area contributed by atoms with Crippen LogP contribution in [0.2, 0.25) is 0 Å². The molecule has 8 nitrogen and oxygen atoms in total. The van der Waals surface area contributed by atoms with E-state index in [1.54, 1.807) is 57.2 Å². The average molecular weight is 501 g/mol. The van der Waals surface area contributed by atoms with Crippen molar-refractivity contribution >= 4 is 52.6 Å². The number of hydrogen-bond donors (Lipinski definition) is 2. The largest absolute Gasteiger partial charge is 0.457 e. The van der Waals surface area contributed by atoms with Gasteiger partial charge in [0.15, 0.2) is 5.11 Å². The molecular weight excluding hydrogens is 476 g/mol. The number of amides is 3. The van der Waals surface area contributed by atoms with Crippen LogP contribution in [0.15, 0.2) is 78.5 Å². The fourth-order valence-corrected chi connectivity index (χ4v) is 3.55. The first-order chi connectivity index (χ1) is 17.1. The van der Waals surface area contributed by atoms with Crippen LogP contribution in [-0.2, 0) is 14.4 Å².